The van der Waals surface area contributed by atoms with Gasteiger partial charge in [-0.2, -0.15) is 5.10 Å². The Morgan fingerprint density at radius 1 is 1.29 bits per heavy atom. The van der Waals surface area contributed by atoms with Crippen molar-refractivity contribution in [2.45, 2.75) is 33.6 Å². The maximum Gasteiger partial charge on any atom is 0.255 e. The van der Waals surface area contributed by atoms with Crippen LogP contribution in [0.4, 0.5) is 0 Å². The number of nitrogens with one attached hydrogen (secondary N) is 1. The van der Waals surface area contributed by atoms with Crippen LogP contribution in [0.5, 0.6) is 0 Å². The van der Waals surface area contributed by atoms with E-state index in [0.29, 0.717) is 6.42 Å². The number of hydrogen-bond donors (Lipinski definition) is 1. The van der Waals surface area contributed by atoms with E-state index in [0.717, 1.165) is 12.1 Å². The molecule has 0 atom stereocenters. The zero-order valence-corrected chi connectivity index (χ0v) is 9.85. The van der Waals surface area contributed by atoms with Crippen LogP contribution < -0.4 is 4.72 Å². The van der Waals surface area contributed by atoms with Gasteiger partial charge in [-0.15, -0.1) is 5.10 Å². The van der Waals surface area contributed by atoms with E-state index in [2.05, 4.69) is 14.9 Å². The zero-order chi connectivity index (χ0) is 11.2. The Morgan fingerprint density at radius 3 is 2.21 bits per heavy atom. The molecule has 5 nitrogen and oxygen atoms in total. The van der Waals surface area contributed by atoms with Crippen molar-refractivity contribution in [1.29, 1.82) is 0 Å². The minimum Gasteiger partial charge on any atom is -0.213 e. The standard InChI is InChI=1S/C8H17N3O2S/c1-5-6-8(11-10-7(2)3)14(12,13)9-4/h9H,5-6H2,1-4H3/b11-8+. The van der Waals surface area contributed by atoms with E-state index in [1.54, 1.807) is 13.8 Å². The summed E-state index contributed by atoms with van der Waals surface area (Å²) in [4.78, 5) is 0. The van der Waals surface area contributed by atoms with Gasteiger partial charge in [-0.05, 0) is 27.3 Å². The van der Waals surface area contributed by atoms with Gasteiger partial charge in [-0.3, -0.25) is 0 Å². The molecule has 0 aliphatic rings. The van der Waals surface area contributed by atoms with Crippen molar-refractivity contribution < 1.29 is 8.42 Å². The predicted molar refractivity (Wildman–Crippen MR) is 59.1 cm³/mol. The minimum atomic E-state index is -3.43. The molecule has 14 heavy (non-hydrogen) atoms. The van der Waals surface area contributed by atoms with Gasteiger partial charge in [0.05, 0.1) is 0 Å². The van der Waals surface area contributed by atoms with Crippen LogP contribution in [0.3, 0.4) is 0 Å². The van der Waals surface area contributed by atoms with E-state index in [1.807, 2.05) is 6.92 Å². The van der Waals surface area contributed by atoms with Crippen LogP contribution >= 0.6 is 0 Å². The Hall–Kier alpha value is -0.750. The average Bonchev–Trinajstić information content (AvgIpc) is 2.11. The summed E-state index contributed by atoms with van der Waals surface area (Å²) in [5.41, 5.74) is 0.727. The van der Waals surface area contributed by atoms with E-state index in [1.165, 1.54) is 7.05 Å². The molecule has 1 N–H and O–H groups in total. The second-order valence-corrected chi connectivity index (χ2v) is 4.88. The number of rotatable bonds is 4. The predicted octanol–water partition coefficient (Wildman–Crippen LogP) is 1.13. The zero-order valence-electron chi connectivity index (χ0n) is 9.03. The lowest BCUT2D eigenvalue weighted by Gasteiger charge is -2.03. The minimum absolute atomic E-state index is 0.0868. The van der Waals surface area contributed by atoms with Crippen LogP contribution in [0.2, 0.25) is 0 Å². The lowest BCUT2D eigenvalue weighted by Crippen LogP contribution is -2.27. The van der Waals surface area contributed by atoms with Gasteiger partial charge in [-0.25, -0.2) is 13.1 Å². The average molecular weight is 219 g/mol. The van der Waals surface area contributed by atoms with E-state index in [-0.39, 0.29) is 5.04 Å². The third kappa shape index (κ3) is 4.48. The van der Waals surface area contributed by atoms with Crippen molar-refractivity contribution in [3.8, 4) is 0 Å². The summed E-state index contributed by atoms with van der Waals surface area (Å²) in [5.74, 6) is 0. The second-order valence-electron chi connectivity index (χ2n) is 3.00. The highest BCUT2D eigenvalue weighted by atomic mass is 32.2. The van der Waals surface area contributed by atoms with Crippen molar-refractivity contribution in [2.24, 2.45) is 10.2 Å². The molecule has 0 aromatic heterocycles. The van der Waals surface area contributed by atoms with E-state index in [9.17, 15) is 8.42 Å². The molecule has 0 bridgehead atoms. The van der Waals surface area contributed by atoms with E-state index < -0.39 is 10.0 Å². The second kappa shape index (κ2) is 5.87. The molecule has 0 rings (SSSR count). The molecule has 0 unspecified atom stereocenters. The van der Waals surface area contributed by atoms with Crippen LogP contribution in [-0.4, -0.2) is 26.2 Å². The van der Waals surface area contributed by atoms with Gasteiger partial charge in [0.2, 0.25) is 0 Å². The number of sulfonamides is 1. The molecule has 0 spiro atoms. The van der Waals surface area contributed by atoms with Gasteiger partial charge >= 0.3 is 0 Å². The summed E-state index contributed by atoms with van der Waals surface area (Å²) in [5, 5.41) is 7.54. The molecule has 6 heteroatoms. The number of hydrogen-bond acceptors (Lipinski definition) is 4. The van der Waals surface area contributed by atoms with Crippen LogP contribution in [0, 0.1) is 0 Å². The highest BCUT2D eigenvalue weighted by Gasteiger charge is 2.16. The topological polar surface area (TPSA) is 70.9 Å². The number of nitrogens with zero attached hydrogens (tertiary/aromatic N) is 2. The molecule has 0 saturated heterocycles. The van der Waals surface area contributed by atoms with E-state index >= 15 is 0 Å². The SMILES string of the molecule is CCC/C(=N\N=C(C)C)S(=O)(=O)NC. The fourth-order valence-electron chi connectivity index (χ4n) is 0.726. The van der Waals surface area contributed by atoms with Gasteiger partial charge in [-0.1, -0.05) is 6.92 Å². The van der Waals surface area contributed by atoms with Crippen LogP contribution in [-0.2, 0) is 10.0 Å². The molecule has 0 radical (unpaired) electrons. The molecule has 0 aliphatic heterocycles. The third-order valence-corrected chi connectivity index (χ3v) is 2.85. The molecule has 0 heterocycles. The monoisotopic (exact) mass is 219 g/mol. The van der Waals surface area contributed by atoms with E-state index in [4.69, 9.17) is 0 Å². The van der Waals surface area contributed by atoms with Gasteiger partial charge in [0.25, 0.3) is 10.0 Å². The summed E-state index contributed by atoms with van der Waals surface area (Å²) < 4.78 is 25.0. The van der Waals surface area contributed by atoms with Crippen molar-refractivity contribution >= 4 is 20.8 Å². The summed E-state index contributed by atoms with van der Waals surface area (Å²) in [7, 11) is -2.06. The molecule has 0 aromatic carbocycles. The fourth-order valence-corrected chi connectivity index (χ4v) is 1.58. The molecular formula is C8H17N3O2S. The Morgan fingerprint density at radius 2 is 1.86 bits per heavy atom. The summed E-state index contributed by atoms with van der Waals surface area (Å²) >= 11 is 0. The Labute approximate surface area is 85.4 Å². The van der Waals surface area contributed by atoms with Crippen molar-refractivity contribution in [1.82, 2.24) is 4.72 Å². The van der Waals surface area contributed by atoms with Gasteiger partial charge < -0.3 is 0 Å². The molecule has 0 aliphatic carbocycles. The quantitative estimate of drug-likeness (QED) is 0.437. The molecular weight excluding hydrogens is 202 g/mol. The van der Waals surface area contributed by atoms with Gasteiger partial charge in [0.1, 0.15) is 0 Å². The van der Waals surface area contributed by atoms with Gasteiger partial charge in [0.15, 0.2) is 5.04 Å². The van der Waals surface area contributed by atoms with Crippen LogP contribution in [0.1, 0.15) is 33.6 Å². The third-order valence-electron chi connectivity index (χ3n) is 1.40. The Kier molecular flexibility index (Phi) is 5.56. The first-order valence-corrected chi connectivity index (χ1v) is 5.93. The smallest absolute Gasteiger partial charge is 0.213 e. The Bertz CT molecular complexity index is 326. The maximum absolute atomic E-state index is 11.4. The molecule has 82 valence electrons. The lowest BCUT2D eigenvalue weighted by molar-refractivity contribution is 0.599. The first kappa shape index (κ1) is 13.2. The van der Waals surface area contributed by atoms with Crippen molar-refractivity contribution in [3.63, 3.8) is 0 Å². The summed E-state index contributed by atoms with van der Waals surface area (Å²) in [6, 6.07) is 0. The summed E-state index contributed by atoms with van der Waals surface area (Å²) in [6.45, 7) is 5.42. The van der Waals surface area contributed by atoms with Gasteiger partial charge in [0, 0.05) is 12.1 Å². The normalized spacial score (nSPS) is 12.7. The largest absolute Gasteiger partial charge is 0.255 e. The molecule has 0 fully saturated rings. The summed E-state index contributed by atoms with van der Waals surface area (Å²) in [6.07, 6.45) is 1.12. The fraction of sp³-hybridized carbons (Fsp3) is 0.750. The Balaban J connectivity index is 4.96. The highest BCUT2D eigenvalue weighted by molar-refractivity contribution is 8.04. The lowest BCUT2D eigenvalue weighted by atomic mass is 10.4. The molecule has 0 saturated carbocycles. The maximum atomic E-state index is 11.4. The van der Waals surface area contributed by atoms with Crippen molar-refractivity contribution in [2.75, 3.05) is 7.05 Å². The van der Waals surface area contributed by atoms with Crippen LogP contribution in [0.15, 0.2) is 10.2 Å². The van der Waals surface area contributed by atoms with Crippen molar-refractivity contribution in [3.05, 3.63) is 0 Å². The first-order chi connectivity index (χ1) is 6.44. The first-order valence-electron chi connectivity index (χ1n) is 4.45. The molecule has 0 amide bonds. The highest BCUT2D eigenvalue weighted by Crippen LogP contribution is 2.00. The van der Waals surface area contributed by atoms with Crippen LogP contribution in [0.25, 0.3) is 0 Å². The molecule has 0 aromatic rings.